The second-order valence-corrected chi connectivity index (χ2v) is 14.3. The van der Waals surface area contributed by atoms with Crippen molar-refractivity contribution in [2.24, 2.45) is 0 Å². The van der Waals surface area contributed by atoms with Crippen LogP contribution in [0.5, 0.6) is 0 Å². The molecule has 0 spiro atoms. The van der Waals surface area contributed by atoms with E-state index in [2.05, 4.69) is 34.8 Å². The Hall–Kier alpha value is -1.92. The molecule has 1 aromatic rings. The monoisotopic (exact) mass is 465 g/mol. The van der Waals surface area contributed by atoms with E-state index >= 15 is 0 Å². The van der Waals surface area contributed by atoms with Crippen LogP contribution in [0.2, 0.25) is 25.7 Å². The molecule has 0 bridgehead atoms. The van der Waals surface area contributed by atoms with E-state index in [1.165, 1.54) is 7.11 Å². The summed E-state index contributed by atoms with van der Waals surface area (Å²) >= 11 is 0. The third-order valence-corrected chi connectivity index (χ3v) is 6.66. The fraction of sp³-hybridized carbons (Fsp3) is 0.737. The summed E-state index contributed by atoms with van der Waals surface area (Å²) in [6.07, 6.45) is -2.96. The number of rotatable bonds is 11. The van der Waals surface area contributed by atoms with Gasteiger partial charge in [-0.25, -0.2) is 4.68 Å². The van der Waals surface area contributed by atoms with Crippen molar-refractivity contribution >= 4 is 19.7 Å². The quantitative estimate of drug-likeness (QED) is 0.305. The van der Waals surface area contributed by atoms with Crippen LogP contribution in [0.4, 0.5) is 18.9 Å². The zero-order valence-corrected chi connectivity index (χ0v) is 19.3. The predicted molar refractivity (Wildman–Crippen MR) is 111 cm³/mol. The number of aromatic nitrogens is 2. The van der Waals surface area contributed by atoms with Gasteiger partial charge in [-0.1, -0.05) is 19.6 Å². The van der Waals surface area contributed by atoms with Crippen molar-refractivity contribution < 1.29 is 32.2 Å². The van der Waals surface area contributed by atoms with Crippen LogP contribution < -0.4 is 10.9 Å². The van der Waals surface area contributed by atoms with Gasteiger partial charge in [0.25, 0.3) is 5.56 Å². The standard InChI is InChI=1S/C19H30F3N3O5Si/c1-28-16(26)7-8-30-15-6-5-13(15)24-14-11-23-25(12-29-9-10-31(2,3)4)18(27)17(14)19(20,21)22/h11,13,15,24H,5-10,12H2,1-4H3/t13-,15+/m1/s1. The Labute approximate surface area is 180 Å². The van der Waals surface area contributed by atoms with Crippen molar-refractivity contribution in [3.05, 3.63) is 22.1 Å². The molecule has 0 aliphatic heterocycles. The Bertz CT molecular complexity index is 810. The summed E-state index contributed by atoms with van der Waals surface area (Å²) in [5, 5.41) is 6.58. The molecule has 0 radical (unpaired) electrons. The van der Waals surface area contributed by atoms with Crippen LogP contribution in [-0.4, -0.2) is 56.3 Å². The molecule has 1 aliphatic rings. The maximum Gasteiger partial charge on any atom is 0.423 e. The van der Waals surface area contributed by atoms with Crippen molar-refractivity contribution in [3.8, 4) is 0 Å². The Balaban J connectivity index is 2.05. The number of nitrogens with one attached hydrogen (secondary N) is 1. The molecule has 1 fully saturated rings. The number of nitrogens with zero attached hydrogens (tertiary/aromatic N) is 2. The third-order valence-electron chi connectivity index (χ3n) is 4.95. The lowest BCUT2D eigenvalue weighted by Crippen LogP contribution is -2.46. The molecule has 8 nitrogen and oxygen atoms in total. The smallest absolute Gasteiger partial charge is 0.423 e. The minimum Gasteiger partial charge on any atom is -0.469 e. The van der Waals surface area contributed by atoms with E-state index in [4.69, 9.17) is 9.47 Å². The topological polar surface area (TPSA) is 91.7 Å². The molecule has 12 heteroatoms. The predicted octanol–water partition coefficient (Wildman–Crippen LogP) is 3.10. The van der Waals surface area contributed by atoms with E-state index in [-0.39, 0.29) is 31.5 Å². The average molecular weight is 466 g/mol. The fourth-order valence-electron chi connectivity index (χ4n) is 2.92. The second kappa shape index (κ2) is 10.6. The zero-order chi connectivity index (χ0) is 23.2. The van der Waals surface area contributed by atoms with Gasteiger partial charge >= 0.3 is 12.1 Å². The molecule has 31 heavy (non-hydrogen) atoms. The van der Waals surface area contributed by atoms with Gasteiger partial charge in [-0.3, -0.25) is 9.59 Å². The molecule has 1 N–H and O–H groups in total. The van der Waals surface area contributed by atoms with Crippen LogP contribution in [0.1, 0.15) is 24.8 Å². The van der Waals surface area contributed by atoms with Gasteiger partial charge in [0.05, 0.1) is 44.2 Å². The highest BCUT2D eigenvalue weighted by Crippen LogP contribution is 2.34. The van der Waals surface area contributed by atoms with E-state index in [1.54, 1.807) is 0 Å². The van der Waals surface area contributed by atoms with E-state index in [9.17, 15) is 22.8 Å². The van der Waals surface area contributed by atoms with Crippen LogP contribution >= 0.6 is 0 Å². The number of anilines is 1. The number of alkyl halides is 3. The van der Waals surface area contributed by atoms with Gasteiger partial charge in [0.1, 0.15) is 12.3 Å². The Morgan fingerprint density at radius 1 is 1.29 bits per heavy atom. The van der Waals surface area contributed by atoms with Crippen molar-refractivity contribution in [2.45, 2.75) is 70.0 Å². The first-order chi connectivity index (χ1) is 14.4. The molecule has 2 atom stereocenters. The number of esters is 1. The summed E-state index contributed by atoms with van der Waals surface area (Å²) < 4.78 is 57.0. The van der Waals surface area contributed by atoms with Crippen molar-refractivity contribution in [2.75, 3.05) is 25.6 Å². The maximum atomic E-state index is 13.6. The molecule has 1 aromatic heterocycles. The molecule has 0 amide bonds. The third kappa shape index (κ3) is 7.61. The lowest BCUT2D eigenvalue weighted by molar-refractivity contribution is -0.143. The highest BCUT2D eigenvalue weighted by molar-refractivity contribution is 6.76. The molecular formula is C19H30F3N3O5Si. The first-order valence-electron chi connectivity index (χ1n) is 10.1. The molecule has 0 saturated heterocycles. The molecule has 2 rings (SSSR count). The number of carbonyl (C=O) groups excluding carboxylic acids is 1. The van der Waals surface area contributed by atoms with E-state index < -0.39 is 37.4 Å². The number of carbonyl (C=O) groups is 1. The zero-order valence-electron chi connectivity index (χ0n) is 18.3. The Morgan fingerprint density at radius 2 is 2.00 bits per heavy atom. The fourth-order valence-corrected chi connectivity index (χ4v) is 3.68. The summed E-state index contributed by atoms with van der Waals surface area (Å²) in [5.41, 5.74) is -2.95. The molecule has 0 unspecified atom stereocenters. The van der Waals surface area contributed by atoms with Gasteiger partial charge in [0.2, 0.25) is 0 Å². The molecule has 1 saturated carbocycles. The Kier molecular flexibility index (Phi) is 8.66. The van der Waals surface area contributed by atoms with Crippen LogP contribution in [-0.2, 0) is 31.9 Å². The first kappa shape index (κ1) is 25.3. The number of halogens is 3. The van der Waals surface area contributed by atoms with Gasteiger partial charge in [-0.2, -0.15) is 18.3 Å². The average Bonchev–Trinajstić information content (AvgIpc) is 2.64. The van der Waals surface area contributed by atoms with Crippen LogP contribution in [0.15, 0.2) is 11.0 Å². The normalized spacial score (nSPS) is 19.1. The van der Waals surface area contributed by atoms with Crippen LogP contribution in [0.25, 0.3) is 0 Å². The lowest BCUT2D eigenvalue weighted by atomic mass is 9.88. The minimum absolute atomic E-state index is 0.0584. The van der Waals surface area contributed by atoms with Crippen molar-refractivity contribution in [3.63, 3.8) is 0 Å². The van der Waals surface area contributed by atoms with E-state index in [0.717, 1.165) is 12.2 Å². The van der Waals surface area contributed by atoms with Crippen LogP contribution in [0, 0.1) is 0 Å². The summed E-state index contributed by atoms with van der Waals surface area (Å²) in [4.78, 5) is 23.6. The number of methoxy groups -OCH3 is 1. The molecular weight excluding hydrogens is 435 g/mol. The first-order valence-corrected chi connectivity index (χ1v) is 13.8. The molecule has 0 aromatic carbocycles. The van der Waals surface area contributed by atoms with E-state index in [1.807, 2.05) is 0 Å². The van der Waals surface area contributed by atoms with Gasteiger partial charge in [0, 0.05) is 14.7 Å². The summed E-state index contributed by atoms with van der Waals surface area (Å²) in [7, 11) is -0.0951. The maximum absolute atomic E-state index is 13.6. The number of hydrogen-bond acceptors (Lipinski definition) is 7. The lowest BCUT2D eigenvalue weighted by Gasteiger charge is -2.37. The second-order valence-electron chi connectivity index (χ2n) is 8.65. The molecule has 1 aliphatic carbocycles. The summed E-state index contributed by atoms with van der Waals surface area (Å²) in [6, 6.07) is 0.413. The molecule has 1 heterocycles. The highest BCUT2D eigenvalue weighted by Gasteiger charge is 2.40. The number of hydrogen-bond donors (Lipinski definition) is 1. The van der Waals surface area contributed by atoms with Gasteiger partial charge < -0.3 is 19.5 Å². The summed E-state index contributed by atoms with van der Waals surface area (Å²) in [5.74, 6) is -0.428. The SMILES string of the molecule is COC(=O)CCO[C@H]1CC[C@H]1Nc1cnn(COCC[Si](C)(C)C)c(=O)c1C(F)(F)F. The largest absolute Gasteiger partial charge is 0.469 e. The van der Waals surface area contributed by atoms with Crippen molar-refractivity contribution in [1.29, 1.82) is 0 Å². The van der Waals surface area contributed by atoms with Gasteiger partial charge in [-0.15, -0.1) is 0 Å². The number of ether oxygens (including phenoxy) is 3. The Morgan fingerprint density at radius 3 is 2.55 bits per heavy atom. The minimum atomic E-state index is -4.85. The molecule has 176 valence electrons. The van der Waals surface area contributed by atoms with Crippen LogP contribution in [0.3, 0.4) is 0 Å². The van der Waals surface area contributed by atoms with Gasteiger partial charge in [-0.05, 0) is 18.9 Å². The summed E-state index contributed by atoms with van der Waals surface area (Å²) in [6.45, 7) is 6.57. The van der Waals surface area contributed by atoms with E-state index in [0.29, 0.717) is 24.1 Å². The van der Waals surface area contributed by atoms with Crippen molar-refractivity contribution in [1.82, 2.24) is 9.78 Å². The highest BCUT2D eigenvalue weighted by atomic mass is 28.3. The van der Waals surface area contributed by atoms with Gasteiger partial charge in [0.15, 0.2) is 0 Å².